The van der Waals surface area contributed by atoms with Crippen LogP contribution in [0, 0.1) is 53.3 Å². The van der Waals surface area contributed by atoms with Gasteiger partial charge in [-0.15, -0.1) is 0 Å². The molecule has 0 saturated carbocycles. The largest absolute Gasteiger partial charge is 0.355 e. The zero-order valence-electron chi connectivity index (χ0n) is 93.5. The molecule has 0 aliphatic carbocycles. The van der Waals surface area contributed by atoms with E-state index in [1.165, 1.54) is 73.6 Å². The number of carbonyl (C=O) groups excluding carboxylic acids is 15. The van der Waals surface area contributed by atoms with Gasteiger partial charge in [-0.3, -0.25) is 87.5 Å². The first kappa shape index (κ1) is 131. The Balaban J connectivity index is 0.000000579. The van der Waals surface area contributed by atoms with Crippen LogP contribution in [-0.4, -0.2) is 234 Å². The molecule has 0 saturated heterocycles. The first-order valence-electron chi connectivity index (χ1n) is 53.9. The topological polar surface area (TPSA) is 545 Å². The van der Waals surface area contributed by atoms with Crippen LogP contribution in [0.4, 0.5) is 0 Å². The van der Waals surface area contributed by atoms with Gasteiger partial charge < -0.3 is 95.7 Å². The molecule has 0 aliphatic heterocycles. The van der Waals surface area contributed by atoms with Gasteiger partial charge in [0.1, 0.15) is 54.4 Å². The Morgan fingerprint density at radius 3 is 0.753 bits per heavy atom. The predicted molar refractivity (Wildman–Crippen MR) is 576 cm³/mol. The Hall–Kier alpha value is -12.8. The van der Waals surface area contributed by atoms with Crippen molar-refractivity contribution in [1.29, 1.82) is 0 Å². The van der Waals surface area contributed by atoms with Crippen LogP contribution in [-0.2, 0) is 70.4 Å². The summed E-state index contributed by atoms with van der Waals surface area (Å²) in [4.78, 5) is 199. The molecular weight excluding hydrogens is 1920 g/mol. The van der Waals surface area contributed by atoms with Gasteiger partial charge in [0.15, 0.2) is 0 Å². The van der Waals surface area contributed by atoms with Crippen LogP contribution in [0.1, 0.15) is 292 Å². The number of pyridine rings is 3. The molecule has 39 heteroatoms. The van der Waals surface area contributed by atoms with Gasteiger partial charge in [-0.2, -0.15) is 0 Å². The number of aromatic nitrogens is 3. The summed E-state index contributed by atoms with van der Waals surface area (Å²) in [6.07, 6.45) is 15.3. The fourth-order valence-corrected chi connectivity index (χ4v) is 16.5. The van der Waals surface area contributed by atoms with Crippen LogP contribution in [0.3, 0.4) is 0 Å². The SMILES string of the molecule is CCC[C@H](NC(=O)[C@@H](NC(=O)c1cc[n+](O)cc1)[C@@H](C)CC)C(=O)N[C@H](CN[C@@H](CC)C(=O)N[C@H](C(=O)NCC)C(C)C)CC(C)C.CCNC(=O)[C@@H](NC(=O)[C@H](C)NC[C@H](CC(C)C)NC(=O)[C@H](CCc1ccccc1)NC(=O)[C@@H](NC(=O)c1cc[n+](O)cc1)[C@@H](C)CC)C(C)C.CCNC(=O)[C@@H](NC(=O)[C@H](CC)NC[C@H](CC(C)C)NC(=O)[C@H](CCc1ccccc1)NC(=O)[C@@H](NC(=O)c1cc[n+](O)cc1)[C@@H](C)CC)C(C)C. The Labute approximate surface area is 889 Å². The van der Waals surface area contributed by atoms with Gasteiger partial charge in [-0.05, 0) is 156 Å². The molecule has 0 fully saturated rings. The van der Waals surface area contributed by atoms with Crippen molar-refractivity contribution in [3.05, 3.63) is 162 Å². The van der Waals surface area contributed by atoms with Gasteiger partial charge in [0.05, 0.1) is 34.8 Å². The zero-order chi connectivity index (χ0) is 113. The highest BCUT2D eigenvalue weighted by Gasteiger charge is 2.39. The molecule has 0 bridgehead atoms. The van der Waals surface area contributed by atoms with Gasteiger partial charge >= 0.3 is 0 Å². The fourth-order valence-electron chi connectivity index (χ4n) is 16.5. The monoisotopic (exact) mass is 2100 g/mol. The minimum Gasteiger partial charge on any atom is -0.355 e. The van der Waals surface area contributed by atoms with Gasteiger partial charge in [-0.25, -0.2) is 0 Å². The van der Waals surface area contributed by atoms with Crippen molar-refractivity contribution in [3.63, 3.8) is 0 Å². The van der Waals surface area contributed by atoms with E-state index in [4.69, 9.17) is 0 Å². The number of nitrogens with zero attached hydrogens (tertiary/aromatic N) is 3. The molecule has 39 nitrogen and oxygen atoms in total. The number of aryl methyl sites for hydroxylation is 2. The highest BCUT2D eigenvalue weighted by molar-refractivity contribution is 6.01. The average Bonchev–Trinajstić information content (AvgIpc) is 0.844. The summed E-state index contributed by atoms with van der Waals surface area (Å²) in [6.45, 7) is 50.0. The molecule has 18 atom stereocenters. The second kappa shape index (κ2) is 70.3. The minimum atomic E-state index is -0.919. The third-order valence-corrected chi connectivity index (χ3v) is 26.0. The van der Waals surface area contributed by atoms with E-state index in [1.807, 2.05) is 227 Å². The Bertz CT molecular complexity index is 4920. The van der Waals surface area contributed by atoms with E-state index in [0.29, 0.717) is 123 Å². The molecule has 0 aliphatic rings. The molecule has 836 valence electrons. The molecular formula is C111H182N21O18+3. The lowest BCUT2D eigenvalue weighted by Gasteiger charge is -2.29. The lowest BCUT2D eigenvalue weighted by atomic mass is 9.96. The van der Waals surface area contributed by atoms with Crippen molar-refractivity contribution in [2.45, 2.75) is 354 Å². The van der Waals surface area contributed by atoms with E-state index in [0.717, 1.165) is 25.3 Å². The van der Waals surface area contributed by atoms with Crippen LogP contribution < -0.4 is 110 Å². The maximum atomic E-state index is 14.0. The number of likely N-dealkylation sites (N-methyl/N-ethyl adjacent to an activating group) is 3. The predicted octanol–water partition coefficient (Wildman–Crippen LogP) is 6.73. The smallest absolute Gasteiger partial charge is 0.252 e. The molecule has 0 radical (unpaired) electrons. The van der Waals surface area contributed by atoms with Gasteiger partial charge in [-0.1, -0.05) is 232 Å². The molecule has 0 unspecified atom stereocenters. The molecule has 0 spiro atoms. The van der Waals surface area contributed by atoms with Crippen LogP contribution in [0.2, 0.25) is 0 Å². The first-order valence-corrected chi connectivity index (χ1v) is 53.9. The zero-order valence-corrected chi connectivity index (χ0v) is 93.5. The van der Waals surface area contributed by atoms with E-state index < -0.39 is 108 Å². The summed E-state index contributed by atoms with van der Waals surface area (Å²) in [5.74, 6) is -5.86. The molecule has 21 N–H and O–H groups in total. The average molecular weight is 2100 g/mol. The number of hydrogen-bond acceptors (Lipinski definition) is 21. The lowest BCUT2D eigenvalue weighted by Crippen LogP contribution is -2.58. The van der Waals surface area contributed by atoms with Crippen LogP contribution >= 0.6 is 0 Å². The minimum absolute atomic E-state index is 0.0955. The van der Waals surface area contributed by atoms with Gasteiger partial charge in [0.2, 0.25) is 108 Å². The van der Waals surface area contributed by atoms with Crippen molar-refractivity contribution < 1.29 is 102 Å². The standard InChI is InChI=1S/C39H61N7O6.C38H59N7O6.C34H59N7O6/c1-9-27(8)34(45-35(47)29-19-21-46(52)22-20-29)39(51)43-32(18-17-28-15-13-12-14-16-28)37(49)42-30(23-25(4)5)24-41-31(10-2)36(48)44-33(26(6)7)38(50)40-11-3;1-9-26(7)33(44-35(47)29-18-20-45(51)21-19-29)38(50)42-31(17-16-28-14-12-11-13-15-28)36(48)41-30(22-24(3)4)23-40-27(8)34(46)43-32(25(5)6)37(49)39-10-2;1-10-14-27(38-34(46)29(23(9)11-2)40-30(42)24-15-17-41(47)18-16-24)32(44)37-25(19-21(5)6)20-36-26(12-3)31(43)39-28(22(7)8)33(45)35-13-4/h12-16,19-22,25-27,30-34,41H,9-11,17-18,23-24H2,1-8H3,(H5-,40,42,43,44,45,47,48,49,50,51,52);11-15,18-21,24-27,30-33,40H,9-10,16-17,22-23H2,1-8H3,(H5-,39,41,42,43,44,46,47,48,49,50,51);15-18,21-23,25-29,36H,10-14,19-20H2,1-9H3,(H5-,35,37,38,39,40,42,43,44,45,46,47)/p+3/t27-,30-,31-,32-,33-,34-;26-,27-,30-,31-,32-,33-;23-,25-,26-,27-,28-,29-/m000/s1. The second-order valence-electron chi connectivity index (χ2n) is 41.2. The Morgan fingerprint density at radius 1 is 0.260 bits per heavy atom. The molecule has 2 aromatic carbocycles. The number of nitrogens with one attached hydrogen (secondary N) is 18. The number of benzene rings is 2. The molecule has 15 amide bonds. The lowest BCUT2D eigenvalue weighted by molar-refractivity contribution is -0.904. The highest BCUT2D eigenvalue weighted by atomic mass is 16.5. The second-order valence-corrected chi connectivity index (χ2v) is 41.2. The summed E-state index contributed by atoms with van der Waals surface area (Å²) < 4.78 is 2.46. The van der Waals surface area contributed by atoms with Gasteiger partial charge in [0, 0.05) is 108 Å². The summed E-state index contributed by atoms with van der Waals surface area (Å²) >= 11 is 0. The normalized spacial score (nSPS) is 14.9. The van der Waals surface area contributed by atoms with E-state index >= 15 is 0 Å². The molecule has 5 aromatic rings. The Kier molecular flexibility index (Phi) is 61.6. The van der Waals surface area contributed by atoms with E-state index in [2.05, 4.69) is 95.7 Å². The fraction of sp³-hybridized carbons (Fsp3) is 0.622. The van der Waals surface area contributed by atoms with Crippen molar-refractivity contribution in [1.82, 2.24) is 95.7 Å². The Morgan fingerprint density at radius 2 is 0.513 bits per heavy atom. The van der Waals surface area contributed by atoms with Crippen molar-refractivity contribution in [2.75, 3.05) is 39.3 Å². The first-order chi connectivity index (χ1) is 71.0. The van der Waals surface area contributed by atoms with Crippen molar-refractivity contribution >= 4 is 88.6 Å². The quantitative estimate of drug-likeness (QED) is 0.0142. The highest BCUT2D eigenvalue weighted by Crippen LogP contribution is 2.20. The molecule has 3 heterocycles. The summed E-state index contributed by atoms with van der Waals surface area (Å²) in [5, 5.41) is 81.8. The van der Waals surface area contributed by atoms with Crippen LogP contribution in [0.15, 0.2) is 134 Å². The van der Waals surface area contributed by atoms with Crippen molar-refractivity contribution in [2.24, 2.45) is 53.3 Å². The number of carbonyl (C=O) groups is 15. The summed E-state index contributed by atoms with van der Waals surface area (Å²) in [5.41, 5.74) is 2.85. The third-order valence-electron chi connectivity index (χ3n) is 26.0. The van der Waals surface area contributed by atoms with Gasteiger partial charge in [0.25, 0.3) is 17.7 Å². The number of hydrogen-bond donors (Lipinski definition) is 21. The molecule has 3 aromatic heterocycles. The van der Waals surface area contributed by atoms with Crippen LogP contribution in [0.5, 0.6) is 0 Å². The summed E-state index contributed by atoms with van der Waals surface area (Å²) in [7, 11) is 0. The van der Waals surface area contributed by atoms with Crippen LogP contribution in [0.25, 0.3) is 0 Å². The molecule has 5 rings (SSSR count). The van der Waals surface area contributed by atoms with E-state index in [-0.39, 0.29) is 148 Å². The van der Waals surface area contributed by atoms with Crippen molar-refractivity contribution in [3.8, 4) is 0 Å². The summed E-state index contributed by atoms with van der Waals surface area (Å²) in [6, 6.07) is 17.7. The number of amides is 15. The maximum absolute atomic E-state index is 14.0. The van der Waals surface area contributed by atoms with E-state index in [1.54, 1.807) is 6.92 Å². The maximum Gasteiger partial charge on any atom is 0.252 e. The van der Waals surface area contributed by atoms with E-state index in [9.17, 15) is 87.5 Å². The number of rotatable bonds is 64. The molecule has 150 heavy (non-hydrogen) atoms. The third kappa shape index (κ3) is 48.5.